The normalized spacial score (nSPS) is 23.2. The van der Waals surface area contributed by atoms with Crippen molar-refractivity contribution in [2.75, 3.05) is 0 Å². The van der Waals surface area contributed by atoms with E-state index in [1.54, 1.807) is 0 Å². The molecule has 0 atom stereocenters. The van der Waals surface area contributed by atoms with Gasteiger partial charge >= 0.3 is 12.4 Å². The monoisotopic (exact) mass is 375 g/mol. The summed E-state index contributed by atoms with van der Waals surface area (Å²) in [5.74, 6) is -1.44. The number of nitrogens with one attached hydrogen (secondary N) is 1. The lowest BCUT2D eigenvalue weighted by Gasteiger charge is -2.30. The van der Waals surface area contributed by atoms with Crippen molar-refractivity contribution >= 4 is 10.0 Å². The van der Waals surface area contributed by atoms with Crippen molar-refractivity contribution in [3.8, 4) is 0 Å². The first-order chi connectivity index (χ1) is 10.9. The second-order valence-electron chi connectivity index (χ2n) is 5.73. The predicted molar refractivity (Wildman–Crippen MR) is 73.6 cm³/mol. The summed E-state index contributed by atoms with van der Waals surface area (Å²) in [6.07, 6.45) is -9.16. The molecule has 1 fully saturated rings. The highest BCUT2D eigenvalue weighted by Gasteiger charge is 2.42. The third-order valence-electron chi connectivity index (χ3n) is 4.00. The lowest BCUT2D eigenvalue weighted by molar-refractivity contribution is -0.182. The van der Waals surface area contributed by atoms with Gasteiger partial charge in [0.25, 0.3) is 0 Å². The summed E-state index contributed by atoms with van der Waals surface area (Å²) in [6.45, 7) is 0. The summed E-state index contributed by atoms with van der Waals surface area (Å²) in [5.41, 5.74) is -0.980. The maximum Gasteiger partial charge on any atom is 0.416 e. The topological polar surface area (TPSA) is 46.2 Å². The molecule has 0 heterocycles. The zero-order chi connectivity index (χ0) is 18.2. The van der Waals surface area contributed by atoms with E-state index in [2.05, 4.69) is 4.72 Å². The third kappa shape index (κ3) is 4.62. The molecule has 1 saturated carbocycles. The van der Waals surface area contributed by atoms with Crippen LogP contribution in [0.2, 0.25) is 0 Å². The van der Waals surface area contributed by atoms with Crippen LogP contribution in [0.5, 0.6) is 0 Å². The van der Waals surface area contributed by atoms with E-state index in [-0.39, 0.29) is 30.6 Å². The Labute approximate surface area is 135 Å². The Morgan fingerprint density at radius 3 is 1.79 bits per heavy atom. The van der Waals surface area contributed by atoms with Crippen molar-refractivity contribution in [2.45, 2.75) is 49.0 Å². The summed E-state index contributed by atoms with van der Waals surface area (Å²) >= 11 is 0. The molecule has 10 heteroatoms. The summed E-state index contributed by atoms with van der Waals surface area (Å²) in [4.78, 5) is -0.353. The Bertz CT molecular complexity index is 658. The first kappa shape index (κ1) is 19.0. The quantitative estimate of drug-likeness (QED) is 0.809. The summed E-state index contributed by atoms with van der Waals surface area (Å²) in [6, 6.07) is 2.29. The second-order valence-corrected chi connectivity index (χ2v) is 7.45. The van der Waals surface area contributed by atoms with Gasteiger partial charge in [-0.25, -0.2) is 13.1 Å². The molecule has 1 aromatic carbocycles. The van der Waals surface area contributed by atoms with Crippen molar-refractivity contribution in [3.05, 3.63) is 29.8 Å². The van der Waals surface area contributed by atoms with Crippen molar-refractivity contribution < 1.29 is 34.8 Å². The van der Waals surface area contributed by atoms with E-state index in [4.69, 9.17) is 0 Å². The van der Waals surface area contributed by atoms with Crippen LogP contribution < -0.4 is 4.72 Å². The number of benzene rings is 1. The largest absolute Gasteiger partial charge is 0.416 e. The molecular weight excluding hydrogens is 360 g/mol. The van der Waals surface area contributed by atoms with Crippen LogP contribution in [0.25, 0.3) is 0 Å². The molecule has 2 rings (SSSR count). The van der Waals surface area contributed by atoms with Crippen molar-refractivity contribution in [3.63, 3.8) is 0 Å². The molecule has 1 aliphatic rings. The van der Waals surface area contributed by atoms with E-state index in [0.29, 0.717) is 12.1 Å². The van der Waals surface area contributed by atoms with Gasteiger partial charge in [0.15, 0.2) is 0 Å². The zero-order valence-corrected chi connectivity index (χ0v) is 13.1. The Morgan fingerprint density at radius 1 is 0.875 bits per heavy atom. The lowest BCUT2D eigenvalue weighted by Crippen LogP contribution is -2.40. The summed E-state index contributed by atoms with van der Waals surface area (Å²) < 4.78 is 102. The van der Waals surface area contributed by atoms with Crippen LogP contribution >= 0.6 is 0 Å². The minimum absolute atomic E-state index is 0.0318. The van der Waals surface area contributed by atoms with Gasteiger partial charge in [-0.15, -0.1) is 0 Å². The molecule has 0 amide bonds. The van der Waals surface area contributed by atoms with Crippen LogP contribution in [0.15, 0.2) is 29.2 Å². The fourth-order valence-corrected chi connectivity index (χ4v) is 3.95. The van der Waals surface area contributed by atoms with Gasteiger partial charge < -0.3 is 0 Å². The van der Waals surface area contributed by atoms with E-state index in [1.165, 1.54) is 0 Å². The Balaban J connectivity index is 2.02. The maximum atomic E-state index is 12.6. The molecule has 0 radical (unpaired) electrons. The average molecular weight is 375 g/mol. The van der Waals surface area contributed by atoms with Crippen LogP contribution in [0, 0.1) is 5.92 Å². The molecule has 1 aliphatic carbocycles. The molecule has 0 aromatic heterocycles. The number of hydrogen-bond acceptors (Lipinski definition) is 2. The molecular formula is C14H15F6NO2S. The van der Waals surface area contributed by atoms with Crippen molar-refractivity contribution in [2.24, 2.45) is 5.92 Å². The van der Waals surface area contributed by atoms with Crippen molar-refractivity contribution in [1.82, 2.24) is 4.72 Å². The maximum absolute atomic E-state index is 12.6. The Morgan fingerprint density at radius 2 is 1.38 bits per heavy atom. The highest BCUT2D eigenvalue weighted by atomic mass is 32.2. The van der Waals surface area contributed by atoms with Crippen LogP contribution in [0.1, 0.15) is 31.2 Å². The van der Waals surface area contributed by atoms with Gasteiger partial charge in [-0.05, 0) is 49.9 Å². The van der Waals surface area contributed by atoms with Gasteiger partial charge in [-0.2, -0.15) is 26.3 Å². The molecule has 0 bridgehead atoms. The SMILES string of the molecule is O=S(=O)(NC1CCC(C(F)(F)F)CC1)c1ccc(C(F)(F)F)cc1. The van der Waals surface area contributed by atoms with E-state index in [9.17, 15) is 34.8 Å². The Hall–Kier alpha value is -1.29. The predicted octanol–water partition coefficient (Wildman–Crippen LogP) is 4.10. The lowest BCUT2D eigenvalue weighted by atomic mass is 9.86. The number of alkyl halides is 6. The Kier molecular flexibility index (Phi) is 5.19. The molecule has 1 N–H and O–H groups in total. The number of hydrogen-bond donors (Lipinski definition) is 1. The van der Waals surface area contributed by atoms with Gasteiger partial charge in [0.05, 0.1) is 16.4 Å². The minimum Gasteiger partial charge on any atom is -0.208 e. The van der Waals surface area contributed by atoms with Gasteiger partial charge in [0.1, 0.15) is 0 Å². The number of halogens is 6. The van der Waals surface area contributed by atoms with Gasteiger partial charge in [0, 0.05) is 6.04 Å². The zero-order valence-electron chi connectivity index (χ0n) is 12.3. The average Bonchev–Trinajstić information content (AvgIpc) is 2.46. The van der Waals surface area contributed by atoms with E-state index in [0.717, 1.165) is 12.1 Å². The second kappa shape index (κ2) is 6.55. The van der Waals surface area contributed by atoms with Crippen LogP contribution in [0.3, 0.4) is 0 Å². The summed E-state index contributed by atoms with van der Waals surface area (Å²) in [5, 5.41) is 0. The molecule has 3 nitrogen and oxygen atoms in total. The molecule has 24 heavy (non-hydrogen) atoms. The van der Waals surface area contributed by atoms with Crippen LogP contribution in [-0.2, 0) is 16.2 Å². The van der Waals surface area contributed by atoms with E-state index >= 15 is 0 Å². The van der Waals surface area contributed by atoms with Gasteiger partial charge in [0.2, 0.25) is 10.0 Å². The fourth-order valence-electron chi connectivity index (χ4n) is 2.65. The smallest absolute Gasteiger partial charge is 0.208 e. The fraction of sp³-hybridized carbons (Fsp3) is 0.571. The molecule has 0 unspecified atom stereocenters. The molecule has 136 valence electrons. The molecule has 1 aromatic rings. The summed E-state index contributed by atoms with van der Waals surface area (Å²) in [7, 11) is -4.07. The molecule has 0 saturated heterocycles. The molecule has 0 spiro atoms. The van der Waals surface area contributed by atoms with Crippen LogP contribution in [0.4, 0.5) is 26.3 Å². The first-order valence-electron chi connectivity index (χ1n) is 7.16. The van der Waals surface area contributed by atoms with Crippen molar-refractivity contribution in [1.29, 1.82) is 0 Å². The molecule has 0 aliphatic heterocycles. The van der Waals surface area contributed by atoms with E-state index in [1.807, 2.05) is 0 Å². The highest BCUT2D eigenvalue weighted by Crippen LogP contribution is 2.37. The first-order valence-corrected chi connectivity index (χ1v) is 8.64. The minimum atomic E-state index is -4.58. The number of sulfonamides is 1. The number of rotatable bonds is 3. The standard InChI is InChI=1S/C14H15F6NO2S/c15-13(16,17)9-1-5-11(6-2-9)21-24(22,23)12-7-3-10(4-8-12)14(18,19)20/h3-4,7-9,11,21H,1-2,5-6H2. The van der Waals surface area contributed by atoms with Crippen LogP contribution in [-0.4, -0.2) is 20.6 Å². The van der Waals surface area contributed by atoms with Gasteiger partial charge in [-0.1, -0.05) is 0 Å². The third-order valence-corrected chi connectivity index (χ3v) is 5.54. The van der Waals surface area contributed by atoms with Gasteiger partial charge in [-0.3, -0.25) is 0 Å². The highest BCUT2D eigenvalue weighted by molar-refractivity contribution is 7.89. The van der Waals surface area contributed by atoms with E-state index < -0.39 is 39.9 Å².